The first kappa shape index (κ1) is 15.2. The van der Waals surface area contributed by atoms with Gasteiger partial charge in [0.25, 0.3) is 5.69 Å². The Balaban J connectivity index is 2.77. The lowest BCUT2D eigenvalue weighted by Gasteiger charge is -2.26. The first-order valence-corrected chi connectivity index (χ1v) is 6.85. The SMILES string of the molecule is CCC(N)(CC)COc1ccc([N+](=O)[O-])cc1I. The smallest absolute Gasteiger partial charge is 0.270 e. The standard InChI is InChI=1S/C12H17IN2O3/c1-3-12(14,4-2)8-18-11-6-5-9(15(16)17)7-10(11)13/h5-7H,3-4,8,14H2,1-2H3. The Morgan fingerprint density at radius 3 is 2.50 bits per heavy atom. The number of non-ortho nitro benzene ring substituents is 1. The molecule has 0 radical (unpaired) electrons. The third-order valence-corrected chi connectivity index (χ3v) is 3.89. The van der Waals surface area contributed by atoms with E-state index in [4.69, 9.17) is 10.5 Å². The Morgan fingerprint density at radius 1 is 1.44 bits per heavy atom. The van der Waals surface area contributed by atoms with E-state index in [1.165, 1.54) is 12.1 Å². The van der Waals surface area contributed by atoms with Crippen LogP contribution in [0.1, 0.15) is 26.7 Å². The number of rotatable bonds is 6. The average Bonchev–Trinajstić information content (AvgIpc) is 2.36. The molecule has 1 aromatic carbocycles. The van der Waals surface area contributed by atoms with Crippen molar-refractivity contribution in [1.82, 2.24) is 0 Å². The first-order chi connectivity index (χ1) is 8.41. The minimum Gasteiger partial charge on any atom is -0.491 e. The van der Waals surface area contributed by atoms with Gasteiger partial charge in [-0.2, -0.15) is 0 Å². The van der Waals surface area contributed by atoms with Crippen molar-refractivity contribution in [3.05, 3.63) is 31.9 Å². The molecule has 0 saturated carbocycles. The number of hydrogen-bond acceptors (Lipinski definition) is 4. The second-order valence-corrected chi connectivity index (χ2v) is 5.39. The Hall–Kier alpha value is -0.890. The molecule has 0 saturated heterocycles. The van der Waals surface area contributed by atoms with Crippen LogP contribution < -0.4 is 10.5 Å². The lowest BCUT2D eigenvalue weighted by molar-refractivity contribution is -0.385. The highest BCUT2D eigenvalue weighted by molar-refractivity contribution is 14.1. The molecule has 1 aromatic rings. The van der Waals surface area contributed by atoms with Crippen molar-refractivity contribution in [1.29, 1.82) is 0 Å². The van der Waals surface area contributed by atoms with Crippen molar-refractivity contribution in [2.24, 2.45) is 5.73 Å². The van der Waals surface area contributed by atoms with Gasteiger partial charge in [-0.25, -0.2) is 0 Å². The predicted molar refractivity (Wildman–Crippen MR) is 78.8 cm³/mol. The molecule has 0 aliphatic carbocycles. The zero-order chi connectivity index (χ0) is 13.8. The molecule has 2 N–H and O–H groups in total. The molecule has 5 nitrogen and oxygen atoms in total. The van der Waals surface area contributed by atoms with Crippen LogP contribution in [0.25, 0.3) is 0 Å². The van der Waals surface area contributed by atoms with E-state index in [0.29, 0.717) is 12.4 Å². The van der Waals surface area contributed by atoms with Crippen LogP contribution >= 0.6 is 22.6 Å². The summed E-state index contributed by atoms with van der Waals surface area (Å²) >= 11 is 2.02. The van der Waals surface area contributed by atoms with Crippen molar-refractivity contribution in [2.45, 2.75) is 32.2 Å². The van der Waals surface area contributed by atoms with Crippen molar-refractivity contribution in [2.75, 3.05) is 6.61 Å². The number of hydrogen-bond donors (Lipinski definition) is 1. The van der Waals surface area contributed by atoms with Crippen LogP contribution in [0, 0.1) is 13.7 Å². The van der Waals surface area contributed by atoms with Crippen molar-refractivity contribution in [3.63, 3.8) is 0 Å². The second-order valence-electron chi connectivity index (χ2n) is 4.23. The van der Waals surface area contributed by atoms with E-state index in [9.17, 15) is 10.1 Å². The van der Waals surface area contributed by atoms with Gasteiger partial charge in [0.05, 0.1) is 8.49 Å². The van der Waals surface area contributed by atoms with Gasteiger partial charge in [-0.15, -0.1) is 0 Å². The Bertz CT molecular complexity index is 433. The molecule has 0 aliphatic heterocycles. The molecule has 1 rings (SSSR count). The minimum absolute atomic E-state index is 0.0664. The van der Waals surface area contributed by atoms with Gasteiger partial charge in [-0.3, -0.25) is 10.1 Å². The second kappa shape index (κ2) is 6.33. The summed E-state index contributed by atoms with van der Waals surface area (Å²) in [5.74, 6) is 0.637. The average molecular weight is 364 g/mol. The van der Waals surface area contributed by atoms with Crippen molar-refractivity contribution < 1.29 is 9.66 Å². The van der Waals surface area contributed by atoms with Crippen LogP contribution in [0.4, 0.5) is 5.69 Å². The number of nitrogens with zero attached hydrogens (tertiary/aromatic N) is 1. The number of nitro benzene ring substituents is 1. The number of nitro groups is 1. The summed E-state index contributed by atoms with van der Waals surface area (Å²) in [4.78, 5) is 10.2. The van der Waals surface area contributed by atoms with Crippen LogP contribution in [-0.4, -0.2) is 17.1 Å². The molecule has 0 bridgehead atoms. The molecule has 0 fully saturated rings. The highest BCUT2D eigenvalue weighted by Gasteiger charge is 2.22. The van der Waals surface area contributed by atoms with E-state index in [1.807, 2.05) is 36.4 Å². The summed E-state index contributed by atoms with van der Waals surface area (Å²) in [6.07, 6.45) is 1.65. The van der Waals surface area contributed by atoms with Gasteiger partial charge in [-0.1, -0.05) is 13.8 Å². The van der Waals surface area contributed by atoms with Crippen LogP contribution in [0.2, 0.25) is 0 Å². The zero-order valence-corrected chi connectivity index (χ0v) is 12.6. The van der Waals surface area contributed by atoms with Gasteiger partial charge in [0, 0.05) is 17.7 Å². The van der Waals surface area contributed by atoms with Crippen LogP contribution in [0.15, 0.2) is 18.2 Å². The Kier molecular flexibility index (Phi) is 5.33. The lowest BCUT2D eigenvalue weighted by Crippen LogP contribution is -2.44. The highest BCUT2D eigenvalue weighted by atomic mass is 127. The fourth-order valence-corrected chi connectivity index (χ4v) is 2.05. The summed E-state index contributed by atoms with van der Waals surface area (Å²) in [6, 6.07) is 4.55. The van der Waals surface area contributed by atoms with E-state index in [-0.39, 0.29) is 11.2 Å². The zero-order valence-electron chi connectivity index (χ0n) is 10.5. The Labute approximate surface area is 120 Å². The molecule has 0 amide bonds. The monoisotopic (exact) mass is 364 g/mol. The summed E-state index contributed by atoms with van der Waals surface area (Å²) < 4.78 is 6.38. The van der Waals surface area contributed by atoms with Gasteiger partial charge >= 0.3 is 0 Å². The van der Waals surface area contributed by atoms with E-state index in [2.05, 4.69) is 0 Å². The molecular formula is C12H17IN2O3. The molecule has 0 spiro atoms. The van der Waals surface area contributed by atoms with Gasteiger partial charge < -0.3 is 10.5 Å². The summed E-state index contributed by atoms with van der Waals surface area (Å²) in [7, 11) is 0. The summed E-state index contributed by atoms with van der Waals surface area (Å²) in [5.41, 5.74) is 5.86. The quantitative estimate of drug-likeness (QED) is 0.478. The number of ether oxygens (including phenoxy) is 1. The molecule has 0 aromatic heterocycles. The van der Waals surface area contributed by atoms with E-state index in [0.717, 1.165) is 16.4 Å². The van der Waals surface area contributed by atoms with E-state index < -0.39 is 4.92 Å². The largest absolute Gasteiger partial charge is 0.491 e. The highest BCUT2D eigenvalue weighted by Crippen LogP contribution is 2.26. The molecular weight excluding hydrogens is 347 g/mol. The molecule has 100 valence electrons. The van der Waals surface area contributed by atoms with Crippen LogP contribution in [-0.2, 0) is 0 Å². The lowest BCUT2D eigenvalue weighted by atomic mass is 9.96. The van der Waals surface area contributed by atoms with Crippen molar-refractivity contribution >= 4 is 28.3 Å². The fraction of sp³-hybridized carbons (Fsp3) is 0.500. The normalized spacial score (nSPS) is 11.3. The third-order valence-electron chi connectivity index (χ3n) is 3.05. The van der Waals surface area contributed by atoms with Crippen molar-refractivity contribution in [3.8, 4) is 5.75 Å². The fourth-order valence-electron chi connectivity index (χ4n) is 1.40. The van der Waals surface area contributed by atoms with E-state index >= 15 is 0 Å². The summed E-state index contributed by atoms with van der Waals surface area (Å²) in [5, 5.41) is 10.6. The van der Waals surface area contributed by atoms with Gasteiger partial charge in [0.15, 0.2) is 0 Å². The predicted octanol–water partition coefficient (Wildman–Crippen LogP) is 3.10. The number of benzene rings is 1. The van der Waals surface area contributed by atoms with Crippen LogP contribution in [0.5, 0.6) is 5.75 Å². The Morgan fingerprint density at radius 2 is 2.06 bits per heavy atom. The maximum atomic E-state index is 10.6. The third kappa shape index (κ3) is 3.81. The van der Waals surface area contributed by atoms with E-state index in [1.54, 1.807) is 6.07 Å². The minimum atomic E-state index is -0.419. The maximum Gasteiger partial charge on any atom is 0.270 e. The maximum absolute atomic E-state index is 10.6. The molecule has 18 heavy (non-hydrogen) atoms. The molecule has 0 atom stereocenters. The molecule has 0 aliphatic rings. The topological polar surface area (TPSA) is 78.4 Å². The van der Waals surface area contributed by atoms with Gasteiger partial charge in [0.2, 0.25) is 0 Å². The van der Waals surface area contributed by atoms with Gasteiger partial charge in [0.1, 0.15) is 12.4 Å². The summed E-state index contributed by atoms with van der Waals surface area (Å²) in [6.45, 7) is 4.45. The molecule has 0 heterocycles. The number of nitrogens with two attached hydrogens (primary N) is 1. The van der Waals surface area contributed by atoms with Gasteiger partial charge in [-0.05, 0) is 41.5 Å². The molecule has 0 unspecified atom stereocenters. The molecule has 6 heteroatoms. The first-order valence-electron chi connectivity index (χ1n) is 5.77. The number of halogens is 1. The van der Waals surface area contributed by atoms with Crippen LogP contribution in [0.3, 0.4) is 0 Å².